The zero-order valence-electron chi connectivity index (χ0n) is 8.60. The minimum absolute atomic E-state index is 0.608. The van der Waals surface area contributed by atoms with Gasteiger partial charge in [0.15, 0.2) is 4.77 Å². The fourth-order valence-corrected chi connectivity index (χ4v) is 1.51. The van der Waals surface area contributed by atoms with Crippen LogP contribution >= 0.6 is 12.2 Å². The quantitative estimate of drug-likeness (QED) is 0.806. The molecule has 2 heterocycles. The van der Waals surface area contributed by atoms with Crippen molar-refractivity contribution in [1.29, 1.82) is 0 Å². The summed E-state index contributed by atoms with van der Waals surface area (Å²) in [6.07, 6.45) is 1.66. The van der Waals surface area contributed by atoms with Gasteiger partial charge in [-0.25, -0.2) is 5.10 Å². The number of rotatable bonds is 3. The standard InChI is InChI=1S/C9H12N4OS/c1-12(6-7-4-3-5-14-7)8-10-11-9(15)13(8)2/h3-5H,6H2,1-2H3,(H,11,15). The molecule has 0 saturated heterocycles. The Bertz CT molecular complexity index is 484. The van der Waals surface area contributed by atoms with E-state index < -0.39 is 0 Å². The van der Waals surface area contributed by atoms with E-state index in [-0.39, 0.29) is 0 Å². The summed E-state index contributed by atoms with van der Waals surface area (Å²) in [6.45, 7) is 0.667. The SMILES string of the molecule is CN(Cc1ccco1)c1n[nH]c(=S)n1C. The van der Waals surface area contributed by atoms with Crippen molar-refractivity contribution in [2.45, 2.75) is 6.54 Å². The van der Waals surface area contributed by atoms with Gasteiger partial charge in [-0.3, -0.25) is 4.57 Å². The molecule has 2 aromatic rings. The maximum absolute atomic E-state index is 5.26. The Morgan fingerprint density at radius 1 is 1.67 bits per heavy atom. The smallest absolute Gasteiger partial charge is 0.225 e. The van der Waals surface area contributed by atoms with Gasteiger partial charge in [-0.15, -0.1) is 5.10 Å². The van der Waals surface area contributed by atoms with Crippen LogP contribution in [0.3, 0.4) is 0 Å². The molecule has 0 aliphatic carbocycles. The first-order chi connectivity index (χ1) is 7.18. The van der Waals surface area contributed by atoms with E-state index >= 15 is 0 Å². The van der Waals surface area contributed by atoms with E-state index in [0.29, 0.717) is 11.3 Å². The monoisotopic (exact) mass is 224 g/mol. The third-order valence-corrected chi connectivity index (χ3v) is 2.54. The molecule has 6 heteroatoms. The Morgan fingerprint density at radius 2 is 2.47 bits per heavy atom. The summed E-state index contributed by atoms with van der Waals surface area (Å²) in [5.41, 5.74) is 0. The lowest BCUT2D eigenvalue weighted by Crippen LogP contribution is -2.19. The largest absolute Gasteiger partial charge is 0.467 e. The number of nitrogens with zero attached hydrogens (tertiary/aromatic N) is 3. The van der Waals surface area contributed by atoms with Crippen LogP contribution < -0.4 is 4.90 Å². The molecule has 0 amide bonds. The predicted molar refractivity (Wildman–Crippen MR) is 59.2 cm³/mol. The first kappa shape index (κ1) is 9.97. The average Bonchev–Trinajstić information content (AvgIpc) is 2.79. The molecule has 0 spiro atoms. The topological polar surface area (TPSA) is 50.0 Å². The number of H-pyrrole nitrogens is 1. The summed E-state index contributed by atoms with van der Waals surface area (Å²) in [4.78, 5) is 1.96. The van der Waals surface area contributed by atoms with Crippen molar-refractivity contribution in [3.05, 3.63) is 28.9 Å². The molecule has 80 valence electrons. The molecule has 15 heavy (non-hydrogen) atoms. The van der Waals surface area contributed by atoms with Crippen LogP contribution in [0, 0.1) is 4.77 Å². The molecule has 0 atom stereocenters. The molecule has 0 bridgehead atoms. The number of anilines is 1. The number of aromatic nitrogens is 3. The van der Waals surface area contributed by atoms with Gasteiger partial charge in [-0.1, -0.05) is 0 Å². The number of nitrogens with one attached hydrogen (secondary N) is 1. The zero-order valence-corrected chi connectivity index (χ0v) is 9.41. The van der Waals surface area contributed by atoms with E-state index in [9.17, 15) is 0 Å². The van der Waals surface area contributed by atoms with Gasteiger partial charge >= 0.3 is 0 Å². The molecule has 5 nitrogen and oxygen atoms in total. The minimum Gasteiger partial charge on any atom is -0.467 e. The maximum atomic E-state index is 5.26. The number of furan rings is 1. The highest BCUT2D eigenvalue weighted by atomic mass is 32.1. The fourth-order valence-electron chi connectivity index (χ4n) is 1.39. The van der Waals surface area contributed by atoms with Gasteiger partial charge in [-0.2, -0.15) is 0 Å². The molecule has 0 saturated carbocycles. The van der Waals surface area contributed by atoms with Crippen molar-refractivity contribution < 1.29 is 4.42 Å². The lowest BCUT2D eigenvalue weighted by atomic mass is 10.4. The van der Waals surface area contributed by atoms with Crippen molar-refractivity contribution in [3.63, 3.8) is 0 Å². The van der Waals surface area contributed by atoms with E-state index in [2.05, 4.69) is 10.2 Å². The lowest BCUT2D eigenvalue weighted by molar-refractivity contribution is 0.505. The Labute approximate surface area is 92.3 Å². The number of hydrogen-bond donors (Lipinski definition) is 1. The van der Waals surface area contributed by atoms with E-state index in [0.717, 1.165) is 11.7 Å². The highest BCUT2D eigenvalue weighted by molar-refractivity contribution is 7.71. The van der Waals surface area contributed by atoms with Crippen LogP contribution in [-0.2, 0) is 13.6 Å². The van der Waals surface area contributed by atoms with Crippen molar-refractivity contribution in [2.75, 3.05) is 11.9 Å². The van der Waals surface area contributed by atoms with E-state index in [4.69, 9.17) is 16.6 Å². The lowest BCUT2D eigenvalue weighted by Gasteiger charge is -2.15. The molecule has 0 aliphatic rings. The van der Waals surface area contributed by atoms with E-state index in [1.165, 1.54) is 0 Å². The summed E-state index contributed by atoms with van der Waals surface area (Å²) in [5, 5.41) is 6.87. The predicted octanol–water partition coefficient (Wildman–Crippen LogP) is 1.71. The number of aromatic amines is 1. The van der Waals surface area contributed by atoms with E-state index in [1.807, 2.05) is 35.7 Å². The van der Waals surface area contributed by atoms with Crippen LogP contribution in [0.5, 0.6) is 0 Å². The van der Waals surface area contributed by atoms with Gasteiger partial charge in [0.05, 0.1) is 12.8 Å². The maximum Gasteiger partial charge on any atom is 0.225 e. The molecular weight excluding hydrogens is 212 g/mol. The fraction of sp³-hybridized carbons (Fsp3) is 0.333. The van der Waals surface area contributed by atoms with Crippen molar-refractivity contribution in [2.24, 2.45) is 7.05 Å². The molecule has 2 aromatic heterocycles. The zero-order chi connectivity index (χ0) is 10.8. The van der Waals surface area contributed by atoms with Crippen molar-refractivity contribution in [1.82, 2.24) is 14.8 Å². The minimum atomic E-state index is 0.608. The molecular formula is C9H12N4OS. The third kappa shape index (κ3) is 1.94. The van der Waals surface area contributed by atoms with Crippen LogP contribution in [0.1, 0.15) is 5.76 Å². The normalized spacial score (nSPS) is 10.5. The van der Waals surface area contributed by atoms with Crippen molar-refractivity contribution >= 4 is 18.2 Å². The summed E-state index contributed by atoms with van der Waals surface area (Å²) in [5.74, 6) is 1.68. The second-order valence-corrected chi connectivity index (χ2v) is 3.71. The van der Waals surface area contributed by atoms with Crippen LogP contribution in [-0.4, -0.2) is 21.8 Å². The van der Waals surface area contributed by atoms with Crippen molar-refractivity contribution in [3.8, 4) is 0 Å². The van der Waals surface area contributed by atoms with Gasteiger partial charge in [0.25, 0.3) is 0 Å². The number of hydrogen-bond acceptors (Lipinski definition) is 4. The molecule has 2 rings (SSSR count). The van der Waals surface area contributed by atoms with Crippen LogP contribution in [0.15, 0.2) is 22.8 Å². The first-order valence-corrected chi connectivity index (χ1v) is 4.94. The average molecular weight is 224 g/mol. The van der Waals surface area contributed by atoms with Gasteiger partial charge in [0.2, 0.25) is 5.95 Å². The molecule has 0 fully saturated rings. The van der Waals surface area contributed by atoms with Gasteiger partial charge in [0, 0.05) is 14.1 Å². The summed E-state index contributed by atoms with van der Waals surface area (Å²) < 4.78 is 7.68. The Hall–Kier alpha value is -1.56. The highest BCUT2D eigenvalue weighted by Gasteiger charge is 2.09. The summed E-state index contributed by atoms with van der Waals surface area (Å²) >= 11 is 5.04. The van der Waals surface area contributed by atoms with E-state index in [1.54, 1.807) is 6.26 Å². The molecule has 0 aliphatic heterocycles. The van der Waals surface area contributed by atoms with Gasteiger partial charge in [0.1, 0.15) is 5.76 Å². The highest BCUT2D eigenvalue weighted by Crippen LogP contribution is 2.11. The second kappa shape index (κ2) is 3.90. The first-order valence-electron chi connectivity index (χ1n) is 4.53. The Balaban J connectivity index is 2.18. The van der Waals surface area contributed by atoms with Gasteiger partial charge < -0.3 is 9.32 Å². The summed E-state index contributed by atoms with van der Waals surface area (Å²) in [7, 11) is 3.81. The summed E-state index contributed by atoms with van der Waals surface area (Å²) in [6, 6.07) is 3.80. The Kier molecular flexibility index (Phi) is 2.59. The molecule has 0 aromatic carbocycles. The van der Waals surface area contributed by atoms with Crippen LogP contribution in [0.4, 0.5) is 5.95 Å². The second-order valence-electron chi connectivity index (χ2n) is 3.32. The third-order valence-electron chi connectivity index (χ3n) is 2.17. The molecule has 0 radical (unpaired) electrons. The molecule has 1 N–H and O–H groups in total. The van der Waals surface area contributed by atoms with Crippen LogP contribution in [0.2, 0.25) is 0 Å². The van der Waals surface area contributed by atoms with Crippen LogP contribution in [0.25, 0.3) is 0 Å². The Morgan fingerprint density at radius 3 is 3.00 bits per heavy atom. The van der Waals surface area contributed by atoms with Gasteiger partial charge in [-0.05, 0) is 24.4 Å². The molecule has 0 unspecified atom stereocenters.